The van der Waals surface area contributed by atoms with E-state index in [1.54, 1.807) is 37.1 Å². The molecule has 0 saturated heterocycles. The highest BCUT2D eigenvalue weighted by atomic mass is 32.2. The lowest BCUT2D eigenvalue weighted by Gasteiger charge is -2.37. The second kappa shape index (κ2) is 11.5. The number of aliphatic hydroxyl groups excluding tert-OH is 1. The van der Waals surface area contributed by atoms with Gasteiger partial charge in [0, 0.05) is 44.0 Å². The van der Waals surface area contributed by atoms with E-state index >= 15 is 0 Å². The largest absolute Gasteiger partial charge is 0.487 e. The number of amides is 1. The molecule has 7 nitrogen and oxygen atoms in total. The van der Waals surface area contributed by atoms with Crippen molar-refractivity contribution in [2.45, 2.75) is 82.3 Å². The third-order valence-corrected chi connectivity index (χ3v) is 9.82. The molecule has 4 rings (SSSR count). The van der Waals surface area contributed by atoms with Crippen molar-refractivity contribution in [1.29, 1.82) is 0 Å². The zero-order valence-corrected chi connectivity index (χ0v) is 22.6. The Balaban J connectivity index is 1.63. The van der Waals surface area contributed by atoms with Gasteiger partial charge in [0.2, 0.25) is 15.9 Å². The van der Waals surface area contributed by atoms with Crippen molar-refractivity contribution in [3.05, 3.63) is 23.8 Å². The summed E-state index contributed by atoms with van der Waals surface area (Å²) in [6.07, 6.45) is 8.23. The number of fused-ring (bicyclic) bond motifs is 1. The summed E-state index contributed by atoms with van der Waals surface area (Å²) >= 11 is 0. The average molecular weight is 517 g/mol. The smallest absolute Gasteiger partial charge is 0.247 e. The Hall–Kier alpha value is -2.08. The fourth-order valence-electron chi connectivity index (χ4n) is 5.13. The molecule has 36 heavy (non-hydrogen) atoms. The monoisotopic (exact) mass is 516 g/mol. The molecule has 0 aromatic heterocycles. The van der Waals surface area contributed by atoms with Crippen molar-refractivity contribution < 1.29 is 23.1 Å². The highest BCUT2D eigenvalue weighted by Gasteiger charge is 2.38. The van der Waals surface area contributed by atoms with Crippen molar-refractivity contribution in [2.24, 2.45) is 17.8 Å². The van der Waals surface area contributed by atoms with Crippen LogP contribution in [0.1, 0.15) is 70.8 Å². The van der Waals surface area contributed by atoms with Crippen LogP contribution < -0.4 is 4.74 Å². The molecule has 1 aliphatic heterocycles. The summed E-state index contributed by atoms with van der Waals surface area (Å²) in [5.74, 6) is 7.78. The van der Waals surface area contributed by atoms with Gasteiger partial charge < -0.3 is 14.7 Å². The van der Waals surface area contributed by atoms with E-state index in [1.165, 1.54) is 30.0 Å². The lowest BCUT2D eigenvalue weighted by Crippen LogP contribution is -2.50. The minimum atomic E-state index is -3.89. The molecule has 1 aromatic carbocycles. The number of nitrogens with zero attached hydrogens (tertiary/aromatic N) is 2. The van der Waals surface area contributed by atoms with E-state index < -0.39 is 22.2 Å². The van der Waals surface area contributed by atoms with Crippen LogP contribution in [0.3, 0.4) is 0 Å². The third-order valence-electron chi connectivity index (χ3n) is 7.81. The van der Waals surface area contributed by atoms with Crippen LogP contribution >= 0.6 is 0 Å². The number of benzene rings is 1. The Labute approximate surface area is 216 Å². The maximum Gasteiger partial charge on any atom is 0.247 e. The highest BCUT2D eigenvalue weighted by Crippen LogP contribution is 2.35. The topological polar surface area (TPSA) is 87.2 Å². The molecule has 0 unspecified atom stereocenters. The Kier molecular flexibility index (Phi) is 8.64. The maximum atomic E-state index is 13.6. The van der Waals surface area contributed by atoms with E-state index in [2.05, 4.69) is 11.8 Å². The van der Waals surface area contributed by atoms with Crippen molar-refractivity contribution in [2.75, 3.05) is 26.7 Å². The predicted molar refractivity (Wildman–Crippen MR) is 139 cm³/mol. The molecule has 3 aliphatic rings. The molecule has 1 amide bonds. The lowest BCUT2D eigenvalue weighted by molar-refractivity contribution is -0.131. The number of sulfonamides is 1. The summed E-state index contributed by atoms with van der Waals surface area (Å²) in [4.78, 5) is 14.5. The minimum absolute atomic E-state index is 0.0769. The quantitative estimate of drug-likeness (QED) is 0.559. The third kappa shape index (κ3) is 6.42. The summed E-state index contributed by atoms with van der Waals surface area (Å²) in [7, 11) is -2.11. The highest BCUT2D eigenvalue weighted by molar-refractivity contribution is 7.89. The second-order valence-electron chi connectivity index (χ2n) is 11.0. The standard InChI is InChI=1S/C28H40N2O5S/c1-20-17-30(21(2)19-31)36(33,34)27-14-13-23(10-6-9-22-7-4-5-8-22)15-25(27)35-26(20)18-29(3)28(32)16-24-11-12-24/h13-15,20-22,24,26,31H,4-5,7-9,11-12,16-19H2,1-3H3/t20-,21-,26+/m1/s1. The van der Waals surface area contributed by atoms with Gasteiger partial charge in [-0.25, -0.2) is 8.42 Å². The van der Waals surface area contributed by atoms with Crippen LogP contribution in [0, 0.1) is 29.6 Å². The molecule has 3 atom stereocenters. The average Bonchev–Trinajstić information content (AvgIpc) is 3.51. The van der Waals surface area contributed by atoms with E-state index in [9.17, 15) is 18.3 Å². The van der Waals surface area contributed by atoms with Gasteiger partial charge in [-0.1, -0.05) is 31.6 Å². The van der Waals surface area contributed by atoms with Crippen molar-refractivity contribution >= 4 is 15.9 Å². The Morgan fingerprint density at radius 2 is 1.94 bits per heavy atom. The summed E-state index contributed by atoms with van der Waals surface area (Å²) in [5, 5.41) is 9.81. The fraction of sp³-hybridized carbons (Fsp3) is 0.679. The summed E-state index contributed by atoms with van der Waals surface area (Å²) in [5.41, 5.74) is 0.717. The maximum absolute atomic E-state index is 13.6. The normalized spacial score (nSPS) is 25.0. The van der Waals surface area contributed by atoms with Crippen molar-refractivity contribution in [3.8, 4) is 17.6 Å². The zero-order chi connectivity index (χ0) is 25.9. The van der Waals surface area contributed by atoms with Gasteiger partial charge in [-0.3, -0.25) is 4.79 Å². The number of ether oxygens (including phenoxy) is 1. The minimum Gasteiger partial charge on any atom is -0.487 e. The molecule has 2 fully saturated rings. The van der Waals surface area contributed by atoms with Crippen LogP contribution in [0.4, 0.5) is 0 Å². The van der Waals surface area contributed by atoms with Crippen LogP contribution in [-0.4, -0.2) is 67.5 Å². The van der Waals surface area contributed by atoms with E-state index in [0.29, 0.717) is 30.4 Å². The zero-order valence-electron chi connectivity index (χ0n) is 21.8. The first-order valence-corrected chi connectivity index (χ1v) is 14.8. The molecule has 198 valence electrons. The predicted octanol–water partition coefficient (Wildman–Crippen LogP) is 3.65. The molecule has 1 heterocycles. The second-order valence-corrected chi connectivity index (χ2v) is 12.8. The molecule has 8 heteroatoms. The molecule has 0 radical (unpaired) electrons. The van der Waals surface area contributed by atoms with Gasteiger partial charge in [0.1, 0.15) is 16.7 Å². The number of hydrogen-bond acceptors (Lipinski definition) is 5. The number of likely N-dealkylation sites (N-methyl/N-ethyl adjacent to an activating group) is 1. The van der Waals surface area contributed by atoms with Crippen molar-refractivity contribution in [3.63, 3.8) is 0 Å². The van der Waals surface area contributed by atoms with Crippen LogP contribution in [0.2, 0.25) is 0 Å². The van der Waals surface area contributed by atoms with Crippen molar-refractivity contribution in [1.82, 2.24) is 9.21 Å². The van der Waals surface area contributed by atoms with E-state index in [4.69, 9.17) is 4.74 Å². The molecule has 0 spiro atoms. The number of hydrogen-bond donors (Lipinski definition) is 1. The summed E-state index contributed by atoms with van der Waals surface area (Å²) < 4.78 is 35.0. The van der Waals surface area contributed by atoms with Crippen LogP contribution in [0.5, 0.6) is 5.75 Å². The van der Waals surface area contributed by atoms with E-state index in [1.807, 2.05) is 6.92 Å². The first kappa shape index (κ1) is 27.0. The number of carbonyl (C=O) groups is 1. The summed E-state index contributed by atoms with van der Waals surface area (Å²) in [6.45, 7) is 3.92. The molecule has 2 aliphatic carbocycles. The first-order valence-electron chi connectivity index (χ1n) is 13.3. The molecule has 1 aromatic rings. The number of aliphatic hydroxyl groups is 1. The van der Waals surface area contributed by atoms with Gasteiger partial charge >= 0.3 is 0 Å². The van der Waals surface area contributed by atoms with Crippen LogP contribution in [-0.2, 0) is 14.8 Å². The van der Waals surface area contributed by atoms with Gasteiger partial charge in [0.25, 0.3) is 0 Å². The van der Waals surface area contributed by atoms with Gasteiger partial charge in [0.15, 0.2) is 0 Å². The van der Waals surface area contributed by atoms with Crippen LogP contribution in [0.15, 0.2) is 23.1 Å². The Morgan fingerprint density at radius 1 is 1.22 bits per heavy atom. The number of carbonyl (C=O) groups excluding carboxylic acids is 1. The Bertz CT molecular complexity index is 1100. The van der Waals surface area contributed by atoms with E-state index in [-0.39, 0.29) is 35.6 Å². The summed E-state index contributed by atoms with van der Waals surface area (Å²) in [6, 6.07) is 4.43. The molecular formula is C28H40N2O5S. The molecule has 2 saturated carbocycles. The molecule has 1 N–H and O–H groups in total. The van der Waals surface area contributed by atoms with Gasteiger partial charge in [0.05, 0.1) is 13.2 Å². The number of rotatable bonds is 7. The van der Waals surface area contributed by atoms with Gasteiger partial charge in [-0.05, 0) is 62.6 Å². The SMILES string of the molecule is C[C@@H]1CN([C@H](C)CO)S(=O)(=O)c2ccc(C#CCC3CCCC3)cc2O[C@H]1CN(C)C(=O)CC1CC1. The molecular weight excluding hydrogens is 476 g/mol. The lowest BCUT2D eigenvalue weighted by atomic mass is 10.0. The Morgan fingerprint density at radius 3 is 2.61 bits per heavy atom. The molecule has 0 bridgehead atoms. The fourth-order valence-corrected chi connectivity index (χ4v) is 6.96. The van der Waals surface area contributed by atoms with Gasteiger partial charge in [-0.15, -0.1) is 0 Å². The van der Waals surface area contributed by atoms with E-state index in [0.717, 1.165) is 19.3 Å². The van der Waals surface area contributed by atoms with Crippen LogP contribution in [0.25, 0.3) is 0 Å². The van der Waals surface area contributed by atoms with Gasteiger partial charge in [-0.2, -0.15) is 4.31 Å². The first-order chi connectivity index (χ1) is 17.2.